The fraction of sp³-hybridized carbons (Fsp3) is 0.120. The van der Waals surface area contributed by atoms with Gasteiger partial charge in [0.2, 0.25) is 5.76 Å². The number of hydrogen-bond donors (Lipinski definition) is 0. The van der Waals surface area contributed by atoms with Crippen LogP contribution in [0.5, 0.6) is 0 Å². The lowest BCUT2D eigenvalue weighted by Gasteiger charge is -2.25. The Balaban J connectivity index is 1.83. The Hall–Kier alpha value is -2.60. The van der Waals surface area contributed by atoms with Crippen LogP contribution < -0.4 is 10.3 Å². The zero-order chi connectivity index (χ0) is 22.7. The van der Waals surface area contributed by atoms with Gasteiger partial charge in [0.05, 0.1) is 27.0 Å². The number of fused-ring (bicyclic) bond motifs is 2. The Morgan fingerprint density at radius 2 is 1.59 bits per heavy atom. The van der Waals surface area contributed by atoms with Crippen LogP contribution in [0.15, 0.2) is 68.3 Å². The third kappa shape index (κ3) is 3.27. The highest BCUT2D eigenvalue weighted by Crippen LogP contribution is 2.42. The molecule has 1 aliphatic rings. The van der Waals surface area contributed by atoms with Crippen LogP contribution >= 0.6 is 39.1 Å². The van der Waals surface area contributed by atoms with Crippen molar-refractivity contribution in [2.75, 3.05) is 4.90 Å². The van der Waals surface area contributed by atoms with Gasteiger partial charge in [-0.1, -0.05) is 45.2 Å². The summed E-state index contributed by atoms with van der Waals surface area (Å²) in [5.41, 5.74) is 3.74. The molecular weight excluding hydrogens is 513 g/mol. The summed E-state index contributed by atoms with van der Waals surface area (Å²) in [6.45, 7) is 3.88. The lowest BCUT2D eigenvalue weighted by Crippen LogP contribution is -2.29. The zero-order valence-electron chi connectivity index (χ0n) is 17.1. The number of hydrogen-bond acceptors (Lipinski definition) is 3. The molecule has 0 spiro atoms. The summed E-state index contributed by atoms with van der Waals surface area (Å²) in [6, 6.07) is 15.4. The van der Waals surface area contributed by atoms with Gasteiger partial charge in [-0.15, -0.1) is 0 Å². The second-order valence-electron chi connectivity index (χ2n) is 7.83. The van der Waals surface area contributed by atoms with Crippen molar-refractivity contribution in [3.63, 3.8) is 0 Å². The second kappa shape index (κ2) is 7.77. The maximum absolute atomic E-state index is 13.7. The molecule has 1 unspecified atom stereocenters. The number of amides is 1. The molecule has 0 saturated carbocycles. The molecule has 0 N–H and O–H groups in total. The summed E-state index contributed by atoms with van der Waals surface area (Å²) in [5, 5.41) is 1.19. The van der Waals surface area contributed by atoms with Crippen molar-refractivity contribution in [1.29, 1.82) is 0 Å². The summed E-state index contributed by atoms with van der Waals surface area (Å²) in [4.78, 5) is 28.8. The van der Waals surface area contributed by atoms with Gasteiger partial charge < -0.3 is 4.42 Å². The smallest absolute Gasteiger partial charge is 0.295 e. The number of carbonyl (C=O) groups is 1. The van der Waals surface area contributed by atoms with E-state index in [-0.39, 0.29) is 17.1 Å². The fourth-order valence-electron chi connectivity index (χ4n) is 4.09. The van der Waals surface area contributed by atoms with Crippen LogP contribution in [0, 0.1) is 13.8 Å². The molecule has 0 bridgehead atoms. The molecule has 0 aliphatic carbocycles. The number of anilines is 1. The number of rotatable bonds is 2. The van der Waals surface area contributed by atoms with Crippen LogP contribution in [0.25, 0.3) is 11.0 Å². The van der Waals surface area contributed by atoms with Crippen molar-refractivity contribution in [3.8, 4) is 0 Å². The Morgan fingerprint density at radius 1 is 0.906 bits per heavy atom. The largest absolute Gasteiger partial charge is 0.450 e. The first-order valence-electron chi connectivity index (χ1n) is 9.88. The molecule has 0 radical (unpaired) electrons. The van der Waals surface area contributed by atoms with Crippen LogP contribution in [0.3, 0.4) is 0 Å². The maximum atomic E-state index is 13.7. The maximum Gasteiger partial charge on any atom is 0.295 e. The van der Waals surface area contributed by atoms with Crippen LogP contribution in [0.2, 0.25) is 10.0 Å². The molecule has 2 heterocycles. The quantitative estimate of drug-likeness (QED) is 0.276. The molecule has 1 atom stereocenters. The normalized spacial score (nSPS) is 15.5. The average Bonchev–Trinajstić information content (AvgIpc) is 3.05. The molecule has 1 aliphatic heterocycles. The van der Waals surface area contributed by atoms with Crippen molar-refractivity contribution >= 4 is 61.7 Å². The Kier molecular flexibility index (Phi) is 5.16. The molecular formula is C25H16BrCl2NO3. The molecule has 0 saturated heterocycles. The van der Waals surface area contributed by atoms with Gasteiger partial charge in [-0.3, -0.25) is 14.5 Å². The number of carbonyl (C=O) groups excluding carboxylic acids is 1. The molecule has 32 heavy (non-hydrogen) atoms. The van der Waals surface area contributed by atoms with E-state index >= 15 is 0 Å². The fourth-order valence-corrected chi connectivity index (χ4v) is 4.66. The predicted molar refractivity (Wildman–Crippen MR) is 131 cm³/mol. The minimum absolute atomic E-state index is 0.0461. The molecule has 1 aromatic heterocycles. The number of benzene rings is 3. The van der Waals surface area contributed by atoms with Crippen molar-refractivity contribution in [2.24, 2.45) is 0 Å². The average molecular weight is 529 g/mol. The number of aryl methyl sites for hydroxylation is 2. The molecule has 1 amide bonds. The van der Waals surface area contributed by atoms with Gasteiger partial charge in [0.25, 0.3) is 5.91 Å². The first-order chi connectivity index (χ1) is 15.3. The van der Waals surface area contributed by atoms with Crippen LogP contribution in [0.1, 0.15) is 38.9 Å². The van der Waals surface area contributed by atoms with Crippen LogP contribution in [-0.2, 0) is 0 Å². The highest BCUT2D eigenvalue weighted by molar-refractivity contribution is 9.10. The first kappa shape index (κ1) is 21.3. The third-order valence-electron chi connectivity index (χ3n) is 5.85. The van der Waals surface area contributed by atoms with E-state index in [1.165, 1.54) is 0 Å². The highest BCUT2D eigenvalue weighted by atomic mass is 79.9. The van der Waals surface area contributed by atoms with Gasteiger partial charge in [-0.05, 0) is 79.1 Å². The summed E-state index contributed by atoms with van der Waals surface area (Å²) in [6.07, 6.45) is 0. The van der Waals surface area contributed by atoms with Crippen LogP contribution in [0.4, 0.5) is 5.69 Å². The van der Waals surface area contributed by atoms with Crippen molar-refractivity contribution in [2.45, 2.75) is 19.9 Å². The topological polar surface area (TPSA) is 50.5 Å². The lowest BCUT2D eigenvalue weighted by molar-refractivity contribution is 0.0971. The van der Waals surface area contributed by atoms with Crippen LogP contribution in [-0.4, -0.2) is 5.91 Å². The molecule has 5 rings (SSSR count). The minimum atomic E-state index is -0.698. The predicted octanol–water partition coefficient (Wildman–Crippen LogP) is 7.23. The second-order valence-corrected chi connectivity index (χ2v) is 9.56. The van der Waals surface area contributed by atoms with Gasteiger partial charge in [-0.25, -0.2) is 0 Å². The molecule has 0 fully saturated rings. The van der Waals surface area contributed by atoms with Crippen molar-refractivity contribution in [1.82, 2.24) is 0 Å². The Labute approximate surface area is 202 Å². The first-order valence-corrected chi connectivity index (χ1v) is 11.4. The standard InChI is InChI=1S/C25H16BrCl2NO3/c1-12-9-17-20(10-13(12)2)32-24-21(23(17)30)22(14-3-8-18(27)19(28)11-14)29(25(24)31)16-6-4-15(26)5-7-16/h3-11,22H,1-2H3. The van der Waals surface area contributed by atoms with Gasteiger partial charge in [-0.2, -0.15) is 0 Å². The third-order valence-corrected chi connectivity index (χ3v) is 7.12. The molecule has 7 heteroatoms. The summed E-state index contributed by atoms with van der Waals surface area (Å²) < 4.78 is 6.93. The zero-order valence-corrected chi connectivity index (χ0v) is 20.2. The van der Waals surface area contributed by atoms with Crippen molar-refractivity contribution in [3.05, 3.63) is 107 Å². The summed E-state index contributed by atoms with van der Waals surface area (Å²) >= 11 is 15.9. The minimum Gasteiger partial charge on any atom is -0.450 e. The van der Waals surface area contributed by atoms with Gasteiger partial charge in [0.1, 0.15) is 5.58 Å². The van der Waals surface area contributed by atoms with E-state index in [4.69, 9.17) is 27.6 Å². The molecule has 4 nitrogen and oxygen atoms in total. The van der Waals surface area contributed by atoms with E-state index in [1.807, 2.05) is 44.2 Å². The van der Waals surface area contributed by atoms with E-state index in [0.29, 0.717) is 37.8 Å². The van der Waals surface area contributed by atoms with E-state index in [0.717, 1.165) is 15.6 Å². The Bertz CT molecular complexity index is 1480. The van der Waals surface area contributed by atoms with Gasteiger partial charge >= 0.3 is 0 Å². The van der Waals surface area contributed by atoms with E-state index < -0.39 is 6.04 Å². The van der Waals surface area contributed by atoms with Gasteiger partial charge in [0, 0.05) is 10.2 Å². The van der Waals surface area contributed by atoms with Crippen molar-refractivity contribution < 1.29 is 9.21 Å². The number of nitrogens with zero attached hydrogens (tertiary/aromatic N) is 1. The molecule has 3 aromatic carbocycles. The molecule has 4 aromatic rings. The lowest BCUT2D eigenvalue weighted by atomic mass is 9.97. The highest BCUT2D eigenvalue weighted by Gasteiger charge is 2.43. The molecule has 160 valence electrons. The van der Waals surface area contributed by atoms with E-state index in [2.05, 4.69) is 15.9 Å². The Morgan fingerprint density at radius 3 is 2.28 bits per heavy atom. The van der Waals surface area contributed by atoms with E-state index in [1.54, 1.807) is 29.2 Å². The van der Waals surface area contributed by atoms with Gasteiger partial charge in [0.15, 0.2) is 5.43 Å². The summed E-state index contributed by atoms with van der Waals surface area (Å²) in [7, 11) is 0. The monoisotopic (exact) mass is 527 g/mol. The number of halogens is 3. The SMILES string of the molecule is Cc1cc2oc3c(c(=O)c2cc1C)C(c1ccc(Cl)c(Cl)c1)N(c1ccc(Br)cc1)C3=O. The summed E-state index contributed by atoms with van der Waals surface area (Å²) in [5.74, 6) is -0.333. The van der Waals surface area contributed by atoms with E-state index in [9.17, 15) is 9.59 Å².